The number of aryl methyl sites for hydroxylation is 1. The molecule has 0 heterocycles. The third-order valence-corrected chi connectivity index (χ3v) is 4.71. The van der Waals surface area contributed by atoms with Gasteiger partial charge in [0.1, 0.15) is 11.5 Å². The Labute approximate surface area is 186 Å². The first-order valence-electron chi connectivity index (χ1n) is 9.73. The number of para-hydroxylation sites is 2. The fraction of sp³-hybridized carbons (Fsp3) is 0.167. The zero-order valence-electron chi connectivity index (χ0n) is 17.2. The molecule has 0 aliphatic carbocycles. The summed E-state index contributed by atoms with van der Waals surface area (Å²) in [5, 5.41) is 5.97. The van der Waals surface area contributed by atoms with E-state index in [1.807, 2.05) is 31.2 Å². The number of nitrogens with one attached hydrogen (secondary N) is 2. The normalized spacial score (nSPS) is 11.3. The monoisotopic (exact) mass is 438 g/mol. The Morgan fingerprint density at radius 1 is 0.871 bits per heavy atom. The van der Waals surface area contributed by atoms with Crippen LogP contribution in [0.4, 0.5) is 11.4 Å². The summed E-state index contributed by atoms with van der Waals surface area (Å²) in [6.45, 7) is 3.46. The summed E-state index contributed by atoms with van der Waals surface area (Å²) in [5.41, 5.74) is 2.13. The molecule has 3 aromatic carbocycles. The van der Waals surface area contributed by atoms with Gasteiger partial charge in [-0.15, -0.1) is 0 Å². The van der Waals surface area contributed by atoms with Crippen molar-refractivity contribution in [2.45, 2.75) is 20.0 Å². The highest BCUT2D eigenvalue weighted by Crippen LogP contribution is 2.24. The molecule has 160 valence electrons. The smallest absolute Gasteiger partial charge is 0.265 e. The van der Waals surface area contributed by atoms with E-state index in [1.54, 1.807) is 55.5 Å². The van der Waals surface area contributed by atoms with Crippen LogP contribution in [0.25, 0.3) is 0 Å². The summed E-state index contributed by atoms with van der Waals surface area (Å²) >= 11 is 6.06. The highest BCUT2D eigenvalue weighted by Gasteiger charge is 2.16. The van der Waals surface area contributed by atoms with E-state index in [2.05, 4.69) is 10.6 Å². The van der Waals surface area contributed by atoms with Crippen LogP contribution in [-0.2, 0) is 9.59 Å². The second-order valence-electron chi connectivity index (χ2n) is 6.86. The van der Waals surface area contributed by atoms with Gasteiger partial charge in [-0.1, -0.05) is 41.9 Å². The number of hydrogen-bond donors (Lipinski definition) is 2. The molecule has 6 nitrogen and oxygen atoms in total. The number of anilines is 2. The fourth-order valence-electron chi connectivity index (χ4n) is 2.72. The van der Waals surface area contributed by atoms with Crippen LogP contribution in [-0.4, -0.2) is 24.5 Å². The maximum Gasteiger partial charge on any atom is 0.265 e. The van der Waals surface area contributed by atoms with Crippen molar-refractivity contribution in [2.75, 3.05) is 17.2 Å². The van der Waals surface area contributed by atoms with E-state index in [0.717, 1.165) is 5.56 Å². The van der Waals surface area contributed by atoms with E-state index < -0.39 is 6.10 Å². The summed E-state index contributed by atoms with van der Waals surface area (Å²) in [4.78, 5) is 24.5. The van der Waals surface area contributed by atoms with Gasteiger partial charge in [-0.05, 0) is 61.9 Å². The minimum absolute atomic E-state index is 0.0970. The zero-order chi connectivity index (χ0) is 22.2. The third-order valence-electron chi connectivity index (χ3n) is 4.40. The lowest BCUT2D eigenvalue weighted by Crippen LogP contribution is -2.30. The number of rotatable bonds is 8. The molecule has 2 amide bonds. The summed E-state index contributed by atoms with van der Waals surface area (Å²) < 4.78 is 11.2. The number of halogens is 1. The van der Waals surface area contributed by atoms with Crippen molar-refractivity contribution in [3.05, 3.63) is 83.4 Å². The molecule has 0 aliphatic heterocycles. The van der Waals surface area contributed by atoms with E-state index in [1.165, 1.54) is 0 Å². The zero-order valence-corrected chi connectivity index (χ0v) is 18.0. The molecule has 2 N–H and O–H groups in total. The van der Waals surface area contributed by atoms with Gasteiger partial charge in [0.25, 0.3) is 11.8 Å². The molecule has 0 radical (unpaired) electrons. The summed E-state index contributed by atoms with van der Waals surface area (Å²) in [7, 11) is 0. The summed E-state index contributed by atoms with van der Waals surface area (Å²) in [6.07, 6.45) is -0.738. The number of amides is 2. The van der Waals surface area contributed by atoms with Gasteiger partial charge in [-0.3, -0.25) is 9.59 Å². The number of ether oxygens (including phenoxy) is 2. The molecule has 3 aromatic rings. The molecule has 3 rings (SSSR count). The molecule has 31 heavy (non-hydrogen) atoms. The Kier molecular flexibility index (Phi) is 7.51. The molecule has 0 saturated carbocycles. The third kappa shape index (κ3) is 6.49. The first kappa shape index (κ1) is 22.2. The lowest BCUT2D eigenvalue weighted by molar-refractivity contribution is -0.122. The van der Waals surface area contributed by atoms with Crippen LogP contribution in [0.1, 0.15) is 12.5 Å². The van der Waals surface area contributed by atoms with Gasteiger partial charge >= 0.3 is 0 Å². The van der Waals surface area contributed by atoms with Crippen LogP contribution in [0.5, 0.6) is 11.5 Å². The molecular formula is C24H23ClN2O4. The van der Waals surface area contributed by atoms with Crippen LogP contribution in [0, 0.1) is 6.92 Å². The van der Waals surface area contributed by atoms with E-state index in [-0.39, 0.29) is 18.4 Å². The molecule has 0 aliphatic rings. The lowest BCUT2D eigenvalue weighted by Gasteiger charge is -2.16. The Balaban J connectivity index is 1.49. The van der Waals surface area contributed by atoms with Crippen molar-refractivity contribution in [3.63, 3.8) is 0 Å². The van der Waals surface area contributed by atoms with Gasteiger partial charge in [0.2, 0.25) is 0 Å². The largest absolute Gasteiger partial charge is 0.483 e. The topological polar surface area (TPSA) is 76.7 Å². The predicted molar refractivity (Wildman–Crippen MR) is 122 cm³/mol. The Hall–Kier alpha value is -3.51. The minimum Gasteiger partial charge on any atom is -0.483 e. The van der Waals surface area contributed by atoms with Gasteiger partial charge in [0.15, 0.2) is 12.7 Å². The average molecular weight is 439 g/mol. The van der Waals surface area contributed by atoms with Crippen LogP contribution in [0.2, 0.25) is 5.02 Å². The quantitative estimate of drug-likeness (QED) is 0.514. The molecular weight excluding hydrogens is 416 g/mol. The predicted octanol–water partition coefficient (Wildman–Crippen LogP) is 5.07. The average Bonchev–Trinajstić information content (AvgIpc) is 2.76. The van der Waals surface area contributed by atoms with Crippen molar-refractivity contribution in [1.29, 1.82) is 0 Å². The Morgan fingerprint density at radius 3 is 2.10 bits per heavy atom. The standard InChI is InChI=1S/C24H23ClN2O4/c1-16-7-3-5-9-21(16)30-15-23(28)26-18-11-13-19(14-12-18)27-24(29)17(2)31-22-10-6-4-8-20(22)25/h3-14,17H,15H2,1-2H3,(H,26,28)(H,27,29). The number of benzene rings is 3. The number of carbonyl (C=O) groups is 2. The van der Waals surface area contributed by atoms with E-state index in [4.69, 9.17) is 21.1 Å². The summed E-state index contributed by atoms with van der Waals surface area (Å²) in [6, 6.07) is 21.2. The lowest BCUT2D eigenvalue weighted by atomic mass is 10.2. The first-order valence-corrected chi connectivity index (χ1v) is 10.1. The Bertz CT molecular complexity index is 1050. The van der Waals surface area contributed by atoms with Gasteiger partial charge in [0, 0.05) is 11.4 Å². The first-order chi connectivity index (χ1) is 14.9. The van der Waals surface area contributed by atoms with Gasteiger partial charge in [-0.2, -0.15) is 0 Å². The second-order valence-corrected chi connectivity index (χ2v) is 7.27. The molecule has 1 atom stereocenters. The number of hydrogen-bond acceptors (Lipinski definition) is 4. The highest BCUT2D eigenvalue weighted by molar-refractivity contribution is 6.32. The number of carbonyl (C=O) groups excluding carboxylic acids is 2. The van der Waals surface area contributed by atoms with Crippen LogP contribution < -0.4 is 20.1 Å². The SMILES string of the molecule is Cc1ccccc1OCC(=O)Nc1ccc(NC(=O)C(C)Oc2ccccc2Cl)cc1. The molecule has 7 heteroatoms. The van der Waals surface area contributed by atoms with Gasteiger partial charge < -0.3 is 20.1 Å². The van der Waals surface area contributed by atoms with Crippen molar-refractivity contribution < 1.29 is 19.1 Å². The fourth-order valence-corrected chi connectivity index (χ4v) is 2.90. The van der Waals surface area contributed by atoms with Crippen LogP contribution >= 0.6 is 11.6 Å². The Morgan fingerprint density at radius 2 is 1.45 bits per heavy atom. The van der Waals surface area contributed by atoms with Crippen molar-refractivity contribution in [2.24, 2.45) is 0 Å². The van der Waals surface area contributed by atoms with Crippen molar-refractivity contribution in [1.82, 2.24) is 0 Å². The maximum atomic E-state index is 12.4. The van der Waals surface area contributed by atoms with Crippen molar-refractivity contribution in [3.8, 4) is 11.5 Å². The van der Waals surface area contributed by atoms with E-state index in [0.29, 0.717) is 27.9 Å². The molecule has 0 saturated heterocycles. The second kappa shape index (κ2) is 10.5. The van der Waals surface area contributed by atoms with Gasteiger partial charge in [-0.25, -0.2) is 0 Å². The molecule has 0 aromatic heterocycles. The molecule has 0 spiro atoms. The van der Waals surface area contributed by atoms with Gasteiger partial charge in [0.05, 0.1) is 5.02 Å². The highest BCUT2D eigenvalue weighted by atomic mass is 35.5. The molecule has 0 fully saturated rings. The summed E-state index contributed by atoms with van der Waals surface area (Å²) in [5.74, 6) is 0.520. The molecule has 1 unspecified atom stereocenters. The van der Waals surface area contributed by atoms with Crippen molar-refractivity contribution >= 4 is 34.8 Å². The van der Waals surface area contributed by atoms with Crippen LogP contribution in [0.15, 0.2) is 72.8 Å². The molecule has 0 bridgehead atoms. The van der Waals surface area contributed by atoms with E-state index in [9.17, 15) is 9.59 Å². The maximum absolute atomic E-state index is 12.4. The van der Waals surface area contributed by atoms with E-state index >= 15 is 0 Å². The van der Waals surface area contributed by atoms with Crippen LogP contribution in [0.3, 0.4) is 0 Å². The minimum atomic E-state index is -0.738.